The molecule has 0 atom stereocenters. The number of hydrogen-bond acceptors (Lipinski definition) is 6. The zero-order valence-electron chi connectivity index (χ0n) is 16.3. The summed E-state index contributed by atoms with van der Waals surface area (Å²) in [5, 5.41) is 5.12. The van der Waals surface area contributed by atoms with E-state index >= 15 is 0 Å². The fourth-order valence-corrected chi connectivity index (χ4v) is 2.99. The van der Waals surface area contributed by atoms with E-state index in [0.29, 0.717) is 28.8 Å². The molecule has 0 saturated carbocycles. The van der Waals surface area contributed by atoms with Gasteiger partial charge in [0.2, 0.25) is 0 Å². The second kappa shape index (κ2) is 8.12. The van der Waals surface area contributed by atoms with Crippen molar-refractivity contribution in [1.82, 2.24) is 9.78 Å². The van der Waals surface area contributed by atoms with Gasteiger partial charge in [-0.25, -0.2) is 9.48 Å². The number of esters is 1. The van der Waals surface area contributed by atoms with Crippen molar-refractivity contribution in [2.75, 3.05) is 14.2 Å². The summed E-state index contributed by atoms with van der Waals surface area (Å²) >= 11 is 0. The summed E-state index contributed by atoms with van der Waals surface area (Å²) in [7, 11) is 3.11. The van der Waals surface area contributed by atoms with Crippen LogP contribution >= 0.6 is 0 Å². The Bertz CT molecular complexity index is 1090. The van der Waals surface area contributed by atoms with Gasteiger partial charge < -0.3 is 14.2 Å². The van der Waals surface area contributed by atoms with E-state index in [1.807, 2.05) is 13.0 Å². The van der Waals surface area contributed by atoms with Crippen LogP contribution in [0.25, 0.3) is 10.8 Å². The SMILES string of the molecule is CCn1nc(C(=O)OCc2cc(OC)c(OC)cc2C)c2ccccc2c1=O. The number of methoxy groups -OCH3 is 2. The molecule has 3 aromatic rings. The summed E-state index contributed by atoms with van der Waals surface area (Å²) in [4.78, 5) is 25.2. The average Bonchev–Trinajstić information content (AvgIpc) is 2.72. The molecular formula is C21H22N2O5. The van der Waals surface area contributed by atoms with E-state index in [9.17, 15) is 9.59 Å². The lowest BCUT2D eigenvalue weighted by Gasteiger charge is -2.13. The third-order valence-electron chi connectivity index (χ3n) is 4.56. The third kappa shape index (κ3) is 3.55. The molecule has 0 fully saturated rings. The molecule has 0 N–H and O–H groups in total. The van der Waals surface area contributed by atoms with Crippen LogP contribution in [0.3, 0.4) is 0 Å². The summed E-state index contributed by atoms with van der Waals surface area (Å²) in [6, 6.07) is 10.5. The van der Waals surface area contributed by atoms with Crippen LogP contribution in [0.15, 0.2) is 41.2 Å². The number of aromatic nitrogens is 2. The molecule has 0 aliphatic carbocycles. The Hall–Kier alpha value is -3.35. The Kier molecular flexibility index (Phi) is 5.63. The van der Waals surface area contributed by atoms with Gasteiger partial charge in [0.25, 0.3) is 5.56 Å². The van der Waals surface area contributed by atoms with Gasteiger partial charge in [-0.05, 0) is 43.2 Å². The lowest BCUT2D eigenvalue weighted by Crippen LogP contribution is -2.25. The van der Waals surface area contributed by atoms with Gasteiger partial charge in [0.1, 0.15) is 6.61 Å². The highest BCUT2D eigenvalue weighted by molar-refractivity contribution is 6.02. The van der Waals surface area contributed by atoms with Crippen molar-refractivity contribution in [2.45, 2.75) is 27.0 Å². The van der Waals surface area contributed by atoms with Gasteiger partial charge in [-0.1, -0.05) is 18.2 Å². The first-order valence-corrected chi connectivity index (χ1v) is 8.88. The standard InChI is InChI=1S/C21H22N2O5/c1-5-23-20(24)16-9-7-6-8-15(16)19(22-23)21(25)28-12-14-11-18(27-4)17(26-3)10-13(14)2/h6-11H,5,12H2,1-4H3. The van der Waals surface area contributed by atoms with Gasteiger partial charge in [0, 0.05) is 11.9 Å². The first kappa shape index (κ1) is 19.4. The zero-order valence-corrected chi connectivity index (χ0v) is 16.3. The number of carbonyl (C=O) groups is 1. The fourth-order valence-electron chi connectivity index (χ4n) is 2.99. The summed E-state index contributed by atoms with van der Waals surface area (Å²) in [5.74, 6) is 0.576. The predicted octanol–water partition coefficient (Wildman–Crippen LogP) is 3.10. The highest BCUT2D eigenvalue weighted by Crippen LogP contribution is 2.30. The van der Waals surface area contributed by atoms with Gasteiger partial charge in [-0.15, -0.1) is 0 Å². The maximum Gasteiger partial charge on any atom is 0.359 e. The van der Waals surface area contributed by atoms with Crippen molar-refractivity contribution in [3.63, 3.8) is 0 Å². The van der Waals surface area contributed by atoms with E-state index in [2.05, 4.69) is 5.10 Å². The van der Waals surface area contributed by atoms with Crippen LogP contribution in [0, 0.1) is 6.92 Å². The average molecular weight is 382 g/mol. The van der Waals surface area contributed by atoms with Crippen molar-refractivity contribution in [3.8, 4) is 11.5 Å². The minimum Gasteiger partial charge on any atom is -0.493 e. The molecule has 0 spiro atoms. The van der Waals surface area contributed by atoms with Crippen LogP contribution in [-0.2, 0) is 17.9 Å². The Morgan fingerprint density at radius 3 is 2.36 bits per heavy atom. The Morgan fingerprint density at radius 2 is 1.71 bits per heavy atom. The molecule has 146 valence electrons. The smallest absolute Gasteiger partial charge is 0.359 e. The molecule has 0 saturated heterocycles. The number of carbonyl (C=O) groups excluding carboxylic acids is 1. The summed E-state index contributed by atoms with van der Waals surface area (Å²) < 4.78 is 17.4. The van der Waals surface area contributed by atoms with Crippen LogP contribution in [0.4, 0.5) is 0 Å². The predicted molar refractivity (Wildman–Crippen MR) is 105 cm³/mol. The quantitative estimate of drug-likeness (QED) is 0.610. The van der Waals surface area contributed by atoms with Gasteiger partial charge in [0.05, 0.1) is 19.6 Å². The molecule has 2 aromatic carbocycles. The first-order valence-electron chi connectivity index (χ1n) is 8.88. The third-order valence-corrected chi connectivity index (χ3v) is 4.56. The highest BCUT2D eigenvalue weighted by Gasteiger charge is 2.18. The molecule has 0 amide bonds. The molecule has 0 radical (unpaired) electrons. The van der Waals surface area contributed by atoms with E-state index in [1.165, 1.54) is 4.68 Å². The first-order chi connectivity index (χ1) is 13.5. The van der Waals surface area contributed by atoms with Crippen LogP contribution < -0.4 is 15.0 Å². The Balaban J connectivity index is 1.93. The molecule has 0 aliphatic heterocycles. The van der Waals surface area contributed by atoms with E-state index in [4.69, 9.17) is 14.2 Å². The van der Waals surface area contributed by atoms with E-state index < -0.39 is 5.97 Å². The topological polar surface area (TPSA) is 79.7 Å². The summed E-state index contributed by atoms with van der Waals surface area (Å²) in [6.07, 6.45) is 0. The van der Waals surface area contributed by atoms with Crippen LogP contribution in [0.5, 0.6) is 11.5 Å². The number of aryl methyl sites for hydroxylation is 2. The van der Waals surface area contributed by atoms with Crippen LogP contribution in [0.1, 0.15) is 28.5 Å². The van der Waals surface area contributed by atoms with Gasteiger partial charge in [-0.3, -0.25) is 4.79 Å². The largest absolute Gasteiger partial charge is 0.493 e. The minimum atomic E-state index is -0.590. The van der Waals surface area contributed by atoms with Crippen molar-refractivity contribution >= 4 is 16.7 Å². The monoisotopic (exact) mass is 382 g/mol. The van der Waals surface area contributed by atoms with Crippen molar-refractivity contribution < 1.29 is 19.0 Å². The number of fused-ring (bicyclic) bond motifs is 1. The number of ether oxygens (including phenoxy) is 3. The van der Waals surface area contributed by atoms with E-state index in [-0.39, 0.29) is 17.9 Å². The fraction of sp³-hybridized carbons (Fsp3) is 0.286. The minimum absolute atomic E-state index is 0.0479. The van der Waals surface area contributed by atoms with Crippen molar-refractivity contribution in [3.05, 3.63) is 63.6 Å². The highest BCUT2D eigenvalue weighted by atomic mass is 16.5. The van der Waals surface area contributed by atoms with Crippen LogP contribution in [0.2, 0.25) is 0 Å². The Morgan fingerprint density at radius 1 is 1.07 bits per heavy atom. The summed E-state index contributed by atoms with van der Waals surface area (Å²) in [6.45, 7) is 4.10. The maximum atomic E-state index is 12.7. The van der Waals surface area contributed by atoms with Crippen LogP contribution in [-0.4, -0.2) is 30.0 Å². The maximum absolute atomic E-state index is 12.7. The van der Waals surface area contributed by atoms with Crippen molar-refractivity contribution in [1.29, 1.82) is 0 Å². The number of hydrogen-bond donors (Lipinski definition) is 0. The number of rotatable bonds is 6. The second-order valence-electron chi connectivity index (χ2n) is 6.22. The molecule has 1 heterocycles. The van der Waals surface area contributed by atoms with E-state index in [1.54, 1.807) is 51.5 Å². The molecule has 7 nitrogen and oxygen atoms in total. The number of nitrogens with zero attached hydrogens (tertiary/aromatic N) is 2. The normalized spacial score (nSPS) is 10.7. The summed E-state index contributed by atoms with van der Waals surface area (Å²) in [5.41, 5.74) is 1.58. The van der Waals surface area contributed by atoms with Gasteiger partial charge in [0.15, 0.2) is 17.2 Å². The molecular weight excluding hydrogens is 360 g/mol. The number of benzene rings is 2. The zero-order chi connectivity index (χ0) is 20.3. The second-order valence-corrected chi connectivity index (χ2v) is 6.22. The molecule has 7 heteroatoms. The molecule has 28 heavy (non-hydrogen) atoms. The molecule has 3 rings (SSSR count). The molecule has 1 aromatic heterocycles. The molecule has 0 bridgehead atoms. The molecule has 0 unspecified atom stereocenters. The Labute approximate surface area is 162 Å². The lowest BCUT2D eigenvalue weighted by atomic mass is 10.1. The lowest BCUT2D eigenvalue weighted by molar-refractivity contribution is 0.0464. The molecule has 0 aliphatic rings. The van der Waals surface area contributed by atoms with Crippen molar-refractivity contribution in [2.24, 2.45) is 0 Å². The van der Waals surface area contributed by atoms with Gasteiger partial charge >= 0.3 is 5.97 Å². The van der Waals surface area contributed by atoms with Gasteiger partial charge in [-0.2, -0.15) is 5.10 Å². The van der Waals surface area contributed by atoms with E-state index in [0.717, 1.165) is 11.1 Å².